The molecule has 0 aliphatic rings. The highest BCUT2D eigenvalue weighted by Crippen LogP contribution is 2.22. The van der Waals surface area contributed by atoms with Crippen molar-refractivity contribution in [1.29, 1.82) is 0 Å². The summed E-state index contributed by atoms with van der Waals surface area (Å²) in [5.74, 6) is -0.528. The largest absolute Gasteiger partial charge is 0.409 e. The molecule has 0 aliphatic heterocycles. The third-order valence-electron chi connectivity index (χ3n) is 2.17. The smallest absolute Gasteiger partial charge is 0.342 e. The molecule has 0 aliphatic carbocycles. The Kier molecular flexibility index (Phi) is 3.41. The Morgan fingerprint density at radius 2 is 2.35 bits per heavy atom. The normalized spacial score (nSPS) is 11.3. The number of hydrogen-bond donors (Lipinski definition) is 2. The summed E-state index contributed by atoms with van der Waals surface area (Å²) in [5, 5.41) is 26.0. The van der Waals surface area contributed by atoms with E-state index in [2.05, 4.69) is 20.2 Å². The first-order chi connectivity index (χ1) is 9.51. The first kappa shape index (κ1) is 13.2. The minimum Gasteiger partial charge on any atom is -0.409 e. The zero-order valence-corrected chi connectivity index (χ0v) is 10.2. The van der Waals surface area contributed by atoms with Gasteiger partial charge in [-0.1, -0.05) is 5.16 Å². The number of pyridine rings is 1. The van der Waals surface area contributed by atoms with Gasteiger partial charge in [-0.2, -0.15) is 4.98 Å². The SMILES string of the molecule is Cn1cnc(Oc2ccc([N+](=O)[O-])c(/C(N)=N/O)n2)n1. The summed E-state index contributed by atoms with van der Waals surface area (Å²) in [6.07, 6.45) is 1.41. The maximum Gasteiger partial charge on any atom is 0.342 e. The Labute approximate surface area is 111 Å². The van der Waals surface area contributed by atoms with Crippen molar-refractivity contribution in [1.82, 2.24) is 19.7 Å². The minimum atomic E-state index is -0.705. The Balaban J connectivity index is 2.39. The second-order valence-electron chi connectivity index (χ2n) is 3.56. The Bertz CT molecular complexity index is 681. The van der Waals surface area contributed by atoms with Crippen molar-refractivity contribution in [3.63, 3.8) is 0 Å². The lowest BCUT2D eigenvalue weighted by molar-refractivity contribution is -0.385. The fraction of sp³-hybridized carbons (Fsp3) is 0.111. The second-order valence-corrected chi connectivity index (χ2v) is 3.56. The van der Waals surface area contributed by atoms with E-state index in [0.717, 1.165) is 6.07 Å². The van der Waals surface area contributed by atoms with Crippen molar-refractivity contribution >= 4 is 11.5 Å². The zero-order chi connectivity index (χ0) is 14.7. The molecule has 2 heterocycles. The molecular formula is C9H9N7O4. The van der Waals surface area contributed by atoms with Crippen LogP contribution in [0.25, 0.3) is 0 Å². The number of oxime groups is 1. The number of amidine groups is 1. The van der Waals surface area contributed by atoms with Gasteiger partial charge < -0.3 is 15.7 Å². The van der Waals surface area contributed by atoms with Crippen LogP contribution in [-0.4, -0.2) is 35.7 Å². The molecule has 0 fully saturated rings. The molecule has 20 heavy (non-hydrogen) atoms. The van der Waals surface area contributed by atoms with E-state index in [9.17, 15) is 10.1 Å². The van der Waals surface area contributed by atoms with Crippen molar-refractivity contribution in [3.05, 3.63) is 34.3 Å². The van der Waals surface area contributed by atoms with Crippen LogP contribution in [0.1, 0.15) is 5.69 Å². The predicted molar refractivity (Wildman–Crippen MR) is 64.5 cm³/mol. The van der Waals surface area contributed by atoms with Crippen LogP contribution in [0.4, 0.5) is 5.69 Å². The lowest BCUT2D eigenvalue weighted by Gasteiger charge is -2.03. The molecule has 104 valence electrons. The highest BCUT2D eigenvalue weighted by atomic mass is 16.6. The number of aromatic nitrogens is 4. The summed E-state index contributed by atoms with van der Waals surface area (Å²) in [4.78, 5) is 17.7. The number of ether oxygens (including phenoxy) is 1. The first-order valence-corrected chi connectivity index (χ1v) is 5.18. The summed E-state index contributed by atoms with van der Waals surface area (Å²) >= 11 is 0. The fourth-order valence-corrected chi connectivity index (χ4v) is 1.33. The van der Waals surface area contributed by atoms with Gasteiger partial charge in [0.1, 0.15) is 6.33 Å². The third-order valence-corrected chi connectivity index (χ3v) is 2.17. The molecule has 2 aromatic heterocycles. The summed E-state index contributed by atoms with van der Waals surface area (Å²) in [6, 6.07) is 2.39. The molecule has 0 radical (unpaired) electrons. The topological polar surface area (TPSA) is 155 Å². The van der Waals surface area contributed by atoms with E-state index in [1.54, 1.807) is 7.05 Å². The molecule has 0 spiro atoms. The summed E-state index contributed by atoms with van der Waals surface area (Å²) < 4.78 is 6.61. The predicted octanol–water partition coefficient (Wildman–Crippen LogP) is 0.00510. The molecule has 11 nitrogen and oxygen atoms in total. The van der Waals surface area contributed by atoms with Crippen molar-refractivity contribution in [3.8, 4) is 11.9 Å². The van der Waals surface area contributed by atoms with Crippen molar-refractivity contribution in [2.45, 2.75) is 0 Å². The summed E-state index contributed by atoms with van der Waals surface area (Å²) in [7, 11) is 1.64. The molecule has 0 bridgehead atoms. The molecular weight excluding hydrogens is 270 g/mol. The molecule has 11 heteroatoms. The standard InChI is InChI=1S/C9H9N7O4/c1-15-4-11-9(13-15)20-6-3-2-5(16(18)19)7(12-6)8(10)14-17/h2-4,17H,1H3,(H2,10,14). The van der Waals surface area contributed by atoms with E-state index in [0.29, 0.717) is 0 Å². The van der Waals surface area contributed by atoms with Gasteiger partial charge in [-0.05, 0) is 0 Å². The Hall–Kier alpha value is -3.24. The second kappa shape index (κ2) is 5.17. The molecule has 0 unspecified atom stereocenters. The van der Waals surface area contributed by atoms with Crippen molar-refractivity contribution in [2.75, 3.05) is 0 Å². The van der Waals surface area contributed by atoms with Gasteiger partial charge in [0.25, 0.3) is 5.69 Å². The lowest BCUT2D eigenvalue weighted by Crippen LogP contribution is -2.17. The average Bonchev–Trinajstić information content (AvgIpc) is 2.82. The molecule has 0 atom stereocenters. The van der Waals surface area contributed by atoms with Crippen LogP contribution < -0.4 is 10.5 Å². The summed E-state index contributed by atoms with van der Waals surface area (Å²) in [5.41, 5.74) is 4.61. The van der Waals surface area contributed by atoms with E-state index in [4.69, 9.17) is 15.7 Å². The van der Waals surface area contributed by atoms with Crippen LogP contribution in [0.15, 0.2) is 23.6 Å². The number of aryl methyl sites for hydroxylation is 1. The van der Waals surface area contributed by atoms with Gasteiger partial charge in [0.2, 0.25) is 5.88 Å². The van der Waals surface area contributed by atoms with Crippen LogP contribution in [0.3, 0.4) is 0 Å². The monoisotopic (exact) mass is 279 g/mol. The average molecular weight is 279 g/mol. The number of nitro groups is 1. The zero-order valence-electron chi connectivity index (χ0n) is 10.2. The Morgan fingerprint density at radius 3 is 2.90 bits per heavy atom. The van der Waals surface area contributed by atoms with Gasteiger partial charge in [-0.3, -0.25) is 14.8 Å². The van der Waals surface area contributed by atoms with E-state index in [1.165, 1.54) is 17.1 Å². The molecule has 2 rings (SSSR count). The molecule has 0 saturated heterocycles. The van der Waals surface area contributed by atoms with E-state index in [-0.39, 0.29) is 17.6 Å². The first-order valence-electron chi connectivity index (χ1n) is 5.18. The van der Waals surface area contributed by atoms with Gasteiger partial charge in [0, 0.05) is 19.2 Å². The minimum absolute atomic E-state index is 0.0133. The van der Waals surface area contributed by atoms with E-state index in [1.807, 2.05) is 0 Å². The van der Waals surface area contributed by atoms with Gasteiger partial charge >= 0.3 is 6.01 Å². The highest BCUT2D eigenvalue weighted by molar-refractivity contribution is 5.98. The highest BCUT2D eigenvalue weighted by Gasteiger charge is 2.20. The third kappa shape index (κ3) is 2.60. The van der Waals surface area contributed by atoms with Crippen molar-refractivity contribution in [2.24, 2.45) is 17.9 Å². The van der Waals surface area contributed by atoms with E-state index >= 15 is 0 Å². The summed E-state index contributed by atoms with van der Waals surface area (Å²) in [6.45, 7) is 0. The van der Waals surface area contributed by atoms with Gasteiger partial charge in [-0.25, -0.2) is 4.98 Å². The number of rotatable bonds is 4. The van der Waals surface area contributed by atoms with Gasteiger partial charge in [0.05, 0.1) is 4.92 Å². The number of hydrogen-bond acceptors (Lipinski definition) is 8. The lowest BCUT2D eigenvalue weighted by atomic mass is 10.3. The molecule has 3 N–H and O–H groups in total. The van der Waals surface area contributed by atoms with Crippen LogP contribution in [0, 0.1) is 10.1 Å². The Morgan fingerprint density at radius 1 is 1.60 bits per heavy atom. The number of nitrogens with zero attached hydrogens (tertiary/aromatic N) is 6. The van der Waals surface area contributed by atoms with Crippen LogP contribution >= 0.6 is 0 Å². The van der Waals surface area contributed by atoms with Crippen LogP contribution in [0.5, 0.6) is 11.9 Å². The fourth-order valence-electron chi connectivity index (χ4n) is 1.33. The molecule has 0 amide bonds. The van der Waals surface area contributed by atoms with Gasteiger partial charge in [0.15, 0.2) is 11.5 Å². The quantitative estimate of drug-likeness (QED) is 0.260. The maximum absolute atomic E-state index is 10.8. The van der Waals surface area contributed by atoms with Gasteiger partial charge in [-0.15, -0.1) is 5.10 Å². The van der Waals surface area contributed by atoms with Crippen LogP contribution in [-0.2, 0) is 7.05 Å². The molecule has 0 saturated carbocycles. The molecule has 0 aromatic carbocycles. The molecule has 2 aromatic rings. The van der Waals surface area contributed by atoms with Crippen molar-refractivity contribution < 1.29 is 14.9 Å². The van der Waals surface area contributed by atoms with Crippen LogP contribution in [0.2, 0.25) is 0 Å². The van der Waals surface area contributed by atoms with E-state index < -0.39 is 16.4 Å². The number of nitrogens with two attached hydrogens (primary N) is 1. The maximum atomic E-state index is 10.8.